The predicted molar refractivity (Wildman–Crippen MR) is 68.3 cm³/mol. The predicted octanol–water partition coefficient (Wildman–Crippen LogP) is 1.68. The zero-order valence-electron chi connectivity index (χ0n) is 10.2. The first-order valence-corrected chi connectivity index (χ1v) is 6.10. The Bertz CT molecular complexity index is 261. The average Bonchev–Trinajstić information content (AvgIpc) is 2.33. The van der Waals surface area contributed by atoms with Gasteiger partial charge in [-0.15, -0.1) is 0 Å². The van der Waals surface area contributed by atoms with Crippen LogP contribution >= 0.6 is 0 Å². The molecule has 90 valence electrons. The number of unbranched alkanes of at least 4 members (excludes halogenated alkanes) is 2. The van der Waals surface area contributed by atoms with Gasteiger partial charge in [0.25, 0.3) is 0 Å². The lowest BCUT2D eigenvalue weighted by atomic mass is 10.2. The van der Waals surface area contributed by atoms with Crippen LogP contribution in [0.2, 0.25) is 0 Å². The molecule has 0 radical (unpaired) electrons. The normalized spacial score (nSPS) is 10.9. The van der Waals surface area contributed by atoms with Gasteiger partial charge >= 0.3 is 0 Å². The molecule has 0 aliphatic carbocycles. The molecule has 0 aliphatic rings. The first kappa shape index (κ1) is 13.1. The minimum atomic E-state index is 0.820. The van der Waals surface area contributed by atoms with Crippen molar-refractivity contribution in [3.63, 3.8) is 0 Å². The molecule has 0 saturated carbocycles. The fourth-order valence-corrected chi connectivity index (χ4v) is 1.68. The van der Waals surface area contributed by atoms with E-state index in [0.29, 0.717) is 0 Å². The van der Waals surface area contributed by atoms with E-state index in [0.717, 1.165) is 25.9 Å². The summed E-state index contributed by atoms with van der Waals surface area (Å²) >= 11 is 0. The topological polar surface area (TPSA) is 42.1 Å². The molecule has 1 aromatic rings. The highest BCUT2D eigenvalue weighted by molar-refractivity contribution is 5.09. The molecule has 0 amide bonds. The van der Waals surface area contributed by atoms with Gasteiger partial charge in [0.1, 0.15) is 0 Å². The summed E-state index contributed by atoms with van der Waals surface area (Å²) in [7, 11) is 2.18. The molecule has 3 heteroatoms. The van der Waals surface area contributed by atoms with Crippen LogP contribution in [0.25, 0.3) is 0 Å². The molecule has 16 heavy (non-hydrogen) atoms. The molecule has 3 nitrogen and oxygen atoms in total. The van der Waals surface area contributed by atoms with Crippen molar-refractivity contribution in [3.8, 4) is 0 Å². The molecule has 0 fully saturated rings. The number of nitrogens with zero attached hydrogens (tertiary/aromatic N) is 2. The summed E-state index contributed by atoms with van der Waals surface area (Å²) in [6.45, 7) is 3.11. The number of aromatic nitrogens is 1. The van der Waals surface area contributed by atoms with Crippen molar-refractivity contribution in [2.24, 2.45) is 5.73 Å². The molecular formula is C13H23N3. The van der Waals surface area contributed by atoms with Gasteiger partial charge in [0.2, 0.25) is 0 Å². The van der Waals surface area contributed by atoms with Gasteiger partial charge in [-0.3, -0.25) is 4.98 Å². The first-order chi connectivity index (χ1) is 7.83. The zero-order chi connectivity index (χ0) is 11.6. The molecule has 0 aromatic carbocycles. The van der Waals surface area contributed by atoms with Gasteiger partial charge in [-0.05, 0) is 57.1 Å². The Hall–Kier alpha value is -0.930. The van der Waals surface area contributed by atoms with E-state index < -0.39 is 0 Å². The molecule has 1 heterocycles. The monoisotopic (exact) mass is 221 g/mol. The zero-order valence-corrected chi connectivity index (χ0v) is 10.2. The van der Waals surface area contributed by atoms with Crippen LogP contribution in [-0.4, -0.2) is 36.6 Å². The van der Waals surface area contributed by atoms with Gasteiger partial charge in [-0.25, -0.2) is 0 Å². The first-order valence-electron chi connectivity index (χ1n) is 6.10. The second-order valence-electron chi connectivity index (χ2n) is 4.26. The summed E-state index contributed by atoms with van der Waals surface area (Å²) in [6.07, 6.45) is 8.47. The van der Waals surface area contributed by atoms with E-state index in [1.54, 1.807) is 0 Å². The van der Waals surface area contributed by atoms with Crippen LogP contribution in [0.5, 0.6) is 0 Å². The number of hydrogen-bond donors (Lipinski definition) is 1. The van der Waals surface area contributed by atoms with E-state index >= 15 is 0 Å². The minimum Gasteiger partial charge on any atom is -0.330 e. The van der Waals surface area contributed by atoms with Gasteiger partial charge in [-0.2, -0.15) is 0 Å². The summed E-state index contributed by atoms with van der Waals surface area (Å²) in [5.41, 5.74) is 6.83. The van der Waals surface area contributed by atoms with Gasteiger partial charge < -0.3 is 10.6 Å². The van der Waals surface area contributed by atoms with E-state index in [4.69, 9.17) is 5.73 Å². The summed E-state index contributed by atoms with van der Waals surface area (Å²) in [6, 6.07) is 4.17. The summed E-state index contributed by atoms with van der Waals surface area (Å²) in [5.74, 6) is 0. The van der Waals surface area contributed by atoms with Gasteiger partial charge in [0, 0.05) is 18.9 Å². The van der Waals surface area contributed by atoms with Crippen molar-refractivity contribution in [1.82, 2.24) is 9.88 Å². The third-order valence-corrected chi connectivity index (χ3v) is 2.78. The minimum absolute atomic E-state index is 0.820. The van der Waals surface area contributed by atoms with Crippen LogP contribution in [0, 0.1) is 0 Å². The SMILES string of the molecule is CN(CCCCCN)CCc1ccncc1. The molecule has 1 aromatic heterocycles. The van der Waals surface area contributed by atoms with Crippen LogP contribution < -0.4 is 5.73 Å². The summed E-state index contributed by atoms with van der Waals surface area (Å²) in [5, 5.41) is 0. The van der Waals surface area contributed by atoms with E-state index in [9.17, 15) is 0 Å². The van der Waals surface area contributed by atoms with Crippen molar-refractivity contribution in [2.75, 3.05) is 26.7 Å². The average molecular weight is 221 g/mol. The number of likely N-dealkylation sites (N-methyl/N-ethyl adjacent to an activating group) is 1. The largest absolute Gasteiger partial charge is 0.330 e. The fraction of sp³-hybridized carbons (Fsp3) is 0.615. The molecule has 1 rings (SSSR count). The number of nitrogens with two attached hydrogens (primary N) is 1. The lowest BCUT2D eigenvalue weighted by molar-refractivity contribution is 0.329. The summed E-state index contributed by atoms with van der Waals surface area (Å²) < 4.78 is 0. The molecule has 0 bridgehead atoms. The van der Waals surface area contributed by atoms with Crippen molar-refractivity contribution in [2.45, 2.75) is 25.7 Å². The third-order valence-electron chi connectivity index (χ3n) is 2.78. The van der Waals surface area contributed by atoms with E-state index in [2.05, 4.69) is 29.1 Å². The maximum atomic E-state index is 5.46. The highest BCUT2D eigenvalue weighted by Crippen LogP contribution is 2.01. The molecule has 0 spiro atoms. The van der Waals surface area contributed by atoms with Crippen molar-refractivity contribution < 1.29 is 0 Å². The molecule has 0 aliphatic heterocycles. The Kier molecular flexibility index (Phi) is 6.77. The molecule has 0 unspecified atom stereocenters. The van der Waals surface area contributed by atoms with Crippen LogP contribution in [0.15, 0.2) is 24.5 Å². The molecule has 0 saturated heterocycles. The number of pyridine rings is 1. The third kappa shape index (κ3) is 5.83. The Labute approximate surface area is 98.7 Å². The molecular weight excluding hydrogens is 198 g/mol. The number of hydrogen-bond acceptors (Lipinski definition) is 3. The smallest absolute Gasteiger partial charge is 0.0270 e. The fourth-order valence-electron chi connectivity index (χ4n) is 1.68. The van der Waals surface area contributed by atoms with Gasteiger partial charge in [0.15, 0.2) is 0 Å². The van der Waals surface area contributed by atoms with Crippen molar-refractivity contribution in [1.29, 1.82) is 0 Å². The Morgan fingerprint density at radius 1 is 1.12 bits per heavy atom. The highest BCUT2D eigenvalue weighted by atomic mass is 15.1. The van der Waals surface area contributed by atoms with Crippen LogP contribution in [0.3, 0.4) is 0 Å². The maximum absolute atomic E-state index is 5.46. The number of rotatable bonds is 8. The molecule has 0 atom stereocenters. The van der Waals surface area contributed by atoms with Gasteiger partial charge in [-0.1, -0.05) is 6.42 Å². The van der Waals surface area contributed by atoms with E-state index in [-0.39, 0.29) is 0 Å². The molecule has 2 N–H and O–H groups in total. The Morgan fingerprint density at radius 2 is 1.88 bits per heavy atom. The quantitative estimate of drug-likeness (QED) is 0.679. The summed E-state index contributed by atoms with van der Waals surface area (Å²) in [4.78, 5) is 6.40. The van der Waals surface area contributed by atoms with Crippen LogP contribution in [0.4, 0.5) is 0 Å². The van der Waals surface area contributed by atoms with Crippen LogP contribution in [-0.2, 0) is 6.42 Å². The maximum Gasteiger partial charge on any atom is 0.0270 e. The second-order valence-corrected chi connectivity index (χ2v) is 4.26. The van der Waals surface area contributed by atoms with Crippen molar-refractivity contribution >= 4 is 0 Å². The van der Waals surface area contributed by atoms with E-state index in [1.807, 2.05) is 12.4 Å². The van der Waals surface area contributed by atoms with Crippen molar-refractivity contribution in [3.05, 3.63) is 30.1 Å². The van der Waals surface area contributed by atoms with Gasteiger partial charge in [0.05, 0.1) is 0 Å². The Balaban J connectivity index is 2.08. The highest BCUT2D eigenvalue weighted by Gasteiger charge is 1.98. The lowest BCUT2D eigenvalue weighted by Crippen LogP contribution is -2.22. The Morgan fingerprint density at radius 3 is 2.56 bits per heavy atom. The van der Waals surface area contributed by atoms with Crippen LogP contribution in [0.1, 0.15) is 24.8 Å². The lowest BCUT2D eigenvalue weighted by Gasteiger charge is -2.16. The standard InChI is InChI=1S/C13H23N3/c1-16(11-4-2-3-8-14)12-7-13-5-9-15-10-6-13/h5-6,9-10H,2-4,7-8,11-12,14H2,1H3. The van der Waals surface area contributed by atoms with E-state index in [1.165, 1.54) is 24.9 Å². The second kappa shape index (κ2) is 8.25.